The van der Waals surface area contributed by atoms with Gasteiger partial charge in [-0.05, 0) is 143 Å². The monoisotopic (exact) mass is 634 g/mol. The van der Waals surface area contributed by atoms with Crippen LogP contribution >= 0.6 is 22.2 Å². The minimum Gasteiger partial charge on any atom is -0.137 e. The second-order valence-electron chi connectivity index (χ2n) is 14.8. The highest BCUT2D eigenvalue weighted by molar-refractivity contribution is 7.46. The molecule has 4 aliphatic carbocycles. The predicted octanol–water partition coefficient (Wildman–Crippen LogP) is 12.9. The van der Waals surface area contributed by atoms with Crippen LogP contribution in [0.25, 0.3) is 20.8 Å². The van der Waals surface area contributed by atoms with Crippen molar-refractivity contribution < 1.29 is 0 Å². The van der Waals surface area contributed by atoms with E-state index in [0.717, 1.165) is 11.8 Å². The van der Waals surface area contributed by atoms with Crippen LogP contribution in [-0.2, 0) is 0 Å². The maximum atomic E-state index is 7.83. The second-order valence-corrected chi connectivity index (χ2v) is 24.2. The molecule has 1 heterocycles. The zero-order valence-corrected chi connectivity index (χ0v) is 29.9. The molecule has 7 rings (SSSR count). The largest absolute Gasteiger partial charge is 0.158 e. The number of fused-ring (bicyclic) bond motifs is 3. The van der Waals surface area contributed by atoms with Crippen LogP contribution in [0, 0.1) is 13.8 Å². The molecule has 0 unspecified atom stereocenters. The maximum Gasteiger partial charge on any atom is 0.158 e. The maximum absolute atomic E-state index is 7.83. The molecular formula is C38H52Cl2Si2. The minimum atomic E-state index is -1.36. The van der Waals surface area contributed by atoms with Crippen LogP contribution in [0.1, 0.15) is 185 Å². The summed E-state index contributed by atoms with van der Waals surface area (Å²) in [5.74, 6) is 2.82. The summed E-state index contributed by atoms with van der Waals surface area (Å²) in [5, 5.41) is 3.12. The summed E-state index contributed by atoms with van der Waals surface area (Å²) in [6.07, 6.45) is 27.6. The Morgan fingerprint density at radius 1 is 0.452 bits per heavy atom. The number of benzene rings is 2. The average molecular weight is 636 g/mol. The van der Waals surface area contributed by atoms with Crippen LogP contribution in [0.4, 0.5) is 0 Å². The van der Waals surface area contributed by atoms with Gasteiger partial charge in [-0.3, -0.25) is 0 Å². The highest BCUT2D eigenvalue weighted by atomic mass is 35.6. The number of rotatable bonds is 4. The SMILES string of the molecule is Cc1c(C2CCCCC2)cc2c3cc(C4CCCCC4)c(C)c(C4CCCCC4)c3[si](Cl)[si](Cl)c2c1C1CCCCC1. The number of halogens is 2. The Bertz CT molecular complexity index is 1340. The Hall–Kier alpha value is -0.546. The molecule has 0 N–H and O–H groups in total. The van der Waals surface area contributed by atoms with E-state index < -0.39 is 14.4 Å². The Labute approximate surface area is 267 Å². The molecule has 0 bridgehead atoms. The van der Waals surface area contributed by atoms with Gasteiger partial charge in [-0.25, -0.2) is 0 Å². The number of hydrogen-bond donors (Lipinski definition) is 0. The lowest BCUT2D eigenvalue weighted by Gasteiger charge is -2.33. The van der Waals surface area contributed by atoms with E-state index in [0.29, 0.717) is 11.8 Å². The topological polar surface area (TPSA) is 0 Å². The first-order valence-corrected chi connectivity index (χ1v) is 24.0. The fourth-order valence-electron chi connectivity index (χ4n) is 10.2. The summed E-state index contributed by atoms with van der Waals surface area (Å²) in [5.41, 5.74) is 10.0. The first-order valence-electron chi connectivity index (χ1n) is 18.0. The third-order valence-electron chi connectivity index (χ3n) is 12.4. The first-order chi connectivity index (χ1) is 20.5. The summed E-state index contributed by atoms with van der Waals surface area (Å²) in [4.78, 5) is 3.16. The van der Waals surface area contributed by atoms with E-state index >= 15 is 0 Å². The Kier molecular flexibility index (Phi) is 9.36. The molecule has 2 aromatic carbocycles. The van der Waals surface area contributed by atoms with E-state index in [1.54, 1.807) is 54.1 Å². The molecule has 3 aromatic rings. The highest BCUT2D eigenvalue weighted by Gasteiger charge is 2.32. The lowest BCUT2D eigenvalue weighted by atomic mass is 9.75. The fourth-order valence-corrected chi connectivity index (χ4v) is 18.7. The van der Waals surface area contributed by atoms with Crippen molar-refractivity contribution in [3.63, 3.8) is 0 Å². The summed E-state index contributed by atoms with van der Waals surface area (Å²) < 4.78 is 0. The number of hydrogen-bond acceptors (Lipinski definition) is 0. The predicted molar refractivity (Wildman–Crippen MR) is 189 cm³/mol. The van der Waals surface area contributed by atoms with Crippen molar-refractivity contribution in [2.75, 3.05) is 0 Å². The van der Waals surface area contributed by atoms with Gasteiger partial charge in [0.15, 0.2) is 14.4 Å². The van der Waals surface area contributed by atoms with Gasteiger partial charge in [-0.15, -0.1) is 22.2 Å². The molecule has 0 nitrogen and oxygen atoms in total. The van der Waals surface area contributed by atoms with Crippen LogP contribution in [0.15, 0.2) is 12.1 Å². The minimum absolute atomic E-state index is 0.684. The molecule has 0 amide bonds. The molecule has 4 heteroatoms. The molecule has 0 atom stereocenters. The zero-order chi connectivity index (χ0) is 28.8. The zero-order valence-electron chi connectivity index (χ0n) is 26.4. The normalized spacial score (nSPS) is 22.4. The fraction of sp³-hybridized carbons (Fsp3) is 0.684. The van der Waals surface area contributed by atoms with E-state index in [9.17, 15) is 0 Å². The molecule has 0 saturated heterocycles. The van der Waals surface area contributed by atoms with Gasteiger partial charge in [0, 0.05) is 0 Å². The van der Waals surface area contributed by atoms with E-state index in [4.69, 9.17) is 22.2 Å². The average Bonchev–Trinajstić information content (AvgIpc) is 3.05. The smallest absolute Gasteiger partial charge is 0.137 e. The van der Waals surface area contributed by atoms with E-state index in [-0.39, 0.29) is 0 Å². The van der Waals surface area contributed by atoms with E-state index in [1.807, 2.05) is 0 Å². The third-order valence-corrected chi connectivity index (χ3v) is 22.8. The highest BCUT2D eigenvalue weighted by Crippen LogP contribution is 2.49. The van der Waals surface area contributed by atoms with Crippen LogP contribution < -0.4 is 0 Å². The molecule has 1 aromatic heterocycles. The lowest BCUT2D eigenvalue weighted by molar-refractivity contribution is 0.434. The molecule has 42 heavy (non-hydrogen) atoms. The quantitative estimate of drug-likeness (QED) is 0.152. The van der Waals surface area contributed by atoms with Crippen molar-refractivity contribution in [1.82, 2.24) is 0 Å². The van der Waals surface area contributed by atoms with Gasteiger partial charge in [-0.2, -0.15) is 0 Å². The van der Waals surface area contributed by atoms with Gasteiger partial charge in [0.1, 0.15) is 0 Å². The van der Waals surface area contributed by atoms with Gasteiger partial charge < -0.3 is 0 Å². The summed E-state index contributed by atoms with van der Waals surface area (Å²) >= 11 is 15.7. The van der Waals surface area contributed by atoms with Crippen LogP contribution in [-0.4, -0.2) is 14.4 Å². The van der Waals surface area contributed by atoms with Crippen LogP contribution in [0.2, 0.25) is 0 Å². The van der Waals surface area contributed by atoms with Gasteiger partial charge in [0.25, 0.3) is 0 Å². The molecule has 0 spiro atoms. The van der Waals surface area contributed by atoms with Crippen LogP contribution in [0.5, 0.6) is 0 Å². The van der Waals surface area contributed by atoms with Crippen LogP contribution in [0.3, 0.4) is 0 Å². The molecular weight excluding hydrogens is 583 g/mol. The van der Waals surface area contributed by atoms with E-state index in [2.05, 4.69) is 26.0 Å². The first kappa shape index (κ1) is 30.1. The van der Waals surface area contributed by atoms with Gasteiger partial charge in [-0.1, -0.05) is 89.2 Å². The van der Waals surface area contributed by atoms with Gasteiger partial charge >= 0.3 is 0 Å². The Morgan fingerprint density at radius 2 is 0.738 bits per heavy atom. The molecule has 0 aliphatic heterocycles. The summed E-state index contributed by atoms with van der Waals surface area (Å²) in [6.45, 7) is 4.98. The summed E-state index contributed by atoms with van der Waals surface area (Å²) in [7, 11) is -2.72. The van der Waals surface area contributed by atoms with E-state index in [1.165, 1.54) is 128 Å². The van der Waals surface area contributed by atoms with Crippen molar-refractivity contribution in [2.45, 2.75) is 166 Å². The van der Waals surface area contributed by atoms with Gasteiger partial charge in [0.2, 0.25) is 0 Å². The lowest BCUT2D eigenvalue weighted by Crippen LogP contribution is -2.19. The second kappa shape index (κ2) is 13.1. The molecule has 0 radical (unpaired) electrons. The molecule has 4 fully saturated rings. The standard InChI is InChI=1S/C38H52Cl2Si2/c1-25-31(27-15-7-3-8-16-27)23-33-34-24-32(28-17-9-4-10-18-28)26(2)36(30-21-13-6-14-22-30)38(34)42(40)41(39)37(33)35(25)29-19-11-5-12-20-29/h23-24,27-30H,3-22H2,1-2H3. The molecule has 4 saturated carbocycles. The van der Waals surface area contributed by atoms with Crippen molar-refractivity contribution in [1.29, 1.82) is 0 Å². The molecule has 226 valence electrons. The summed E-state index contributed by atoms with van der Waals surface area (Å²) in [6, 6.07) is 5.43. The van der Waals surface area contributed by atoms with Crippen molar-refractivity contribution in [2.24, 2.45) is 0 Å². The molecule has 4 aliphatic rings. The van der Waals surface area contributed by atoms with Gasteiger partial charge in [0.05, 0.1) is 0 Å². The van der Waals surface area contributed by atoms with Crippen molar-refractivity contribution in [3.8, 4) is 0 Å². The van der Waals surface area contributed by atoms with Crippen molar-refractivity contribution in [3.05, 3.63) is 45.5 Å². The van der Waals surface area contributed by atoms with Crippen molar-refractivity contribution >= 4 is 57.3 Å². The Morgan fingerprint density at radius 3 is 1.05 bits per heavy atom. The Balaban J connectivity index is 1.57. The third kappa shape index (κ3) is 5.45.